The third-order valence-corrected chi connectivity index (χ3v) is 4.06. The largest absolute Gasteiger partial charge is 0.366 e. The van der Waals surface area contributed by atoms with Crippen LogP contribution in [0.25, 0.3) is 5.65 Å². The first-order chi connectivity index (χ1) is 8.22. The zero-order valence-corrected chi connectivity index (χ0v) is 11.4. The van der Waals surface area contributed by atoms with Gasteiger partial charge in [-0.15, -0.1) is 0 Å². The fraction of sp³-hybridized carbons (Fsp3) is 0.500. The number of imidazole rings is 1. The zero-order chi connectivity index (χ0) is 11.9. The number of aromatic nitrogens is 3. The van der Waals surface area contributed by atoms with Crippen molar-refractivity contribution in [1.29, 1.82) is 0 Å². The lowest BCUT2D eigenvalue weighted by molar-refractivity contribution is 0.521. The van der Waals surface area contributed by atoms with Crippen molar-refractivity contribution in [1.82, 2.24) is 14.4 Å². The summed E-state index contributed by atoms with van der Waals surface area (Å²) >= 11 is 3.42. The van der Waals surface area contributed by atoms with Crippen LogP contribution in [0, 0.1) is 5.41 Å². The number of hydrogen-bond acceptors (Lipinski definition) is 3. The van der Waals surface area contributed by atoms with Crippen LogP contribution in [-0.4, -0.2) is 20.9 Å². The van der Waals surface area contributed by atoms with Crippen LogP contribution in [0.1, 0.15) is 26.2 Å². The number of halogens is 1. The van der Waals surface area contributed by atoms with Gasteiger partial charge in [0.05, 0.1) is 0 Å². The molecule has 0 bridgehead atoms. The Morgan fingerprint density at radius 2 is 2.35 bits per heavy atom. The summed E-state index contributed by atoms with van der Waals surface area (Å²) in [6.07, 6.45) is 9.53. The summed E-state index contributed by atoms with van der Waals surface area (Å²) in [5.74, 6) is 0.865. The second kappa shape index (κ2) is 3.98. The minimum atomic E-state index is 0.508. The molecule has 4 nitrogen and oxygen atoms in total. The SMILES string of the molecule is CCC1(CNc2nc(Br)cn3ccnc23)CC1. The highest BCUT2D eigenvalue weighted by atomic mass is 79.9. The van der Waals surface area contributed by atoms with Crippen molar-refractivity contribution >= 4 is 27.4 Å². The zero-order valence-electron chi connectivity index (χ0n) is 9.78. The molecule has 1 aliphatic carbocycles. The summed E-state index contributed by atoms with van der Waals surface area (Å²) in [4.78, 5) is 8.78. The Kier molecular flexibility index (Phi) is 2.58. The lowest BCUT2D eigenvalue weighted by Crippen LogP contribution is -2.16. The molecule has 1 saturated carbocycles. The molecule has 3 rings (SSSR count). The number of nitrogens with one attached hydrogen (secondary N) is 1. The molecule has 0 radical (unpaired) electrons. The lowest BCUT2D eigenvalue weighted by Gasteiger charge is -2.14. The average Bonchev–Trinajstić information content (AvgIpc) is 2.96. The van der Waals surface area contributed by atoms with Crippen LogP contribution in [0.2, 0.25) is 0 Å². The molecule has 0 saturated heterocycles. The van der Waals surface area contributed by atoms with Gasteiger partial charge in [-0.05, 0) is 40.6 Å². The Hall–Kier alpha value is -1.10. The van der Waals surface area contributed by atoms with E-state index < -0.39 is 0 Å². The number of fused-ring (bicyclic) bond motifs is 1. The maximum atomic E-state index is 4.46. The van der Waals surface area contributed by atoms with E-state index in [1.165, 1.54) is 19.3 Å². The maximum absolute atomic E-state index is 4.46. The van der Waals surface area contributed by atoms with Crippen LogP contribution in [0.4, 0.5) is 5.82 Å². The molecule has 1 N–H and O–H groups in total. The number of anilines is 1. The van der Waals surface area contributed by atoms with Gasteiger partial charge in [0.25, 0.3) is 0 Å². The predicted molar refractivity (Wildman–Crippen MR) is 71.1 cm³/mol. The molecule has 90 valence electrons. The highest BCUT2D eigenvalue weighted by molar-refractivity contribution is 9.10. The molecule has 0 aliphatic heterocycles. The molecule has 0 spiro atoms. The van der Waals surface area contributed by atoms with Gasteiger partial charge in [0.2, 0.25) is 0 Å². The van der Waals surface area contributed by atoms with Crippen molar-refractivity contribution in [2.75, 3.05) is 11.9 Å². The topological polar surface area (TPSA) is 42.2 Å². The standard InChI is InChI=1S/C12H15BrN4/c1-2-12(3-4-12)8-15-10-11-14-5-6-17(11)7-9(13)16-10/h5-7H,2-4,8H2,1H3,(H,15,16). The van der Waals surface area contributed by atoms with E-state index in [-0.39, 0.29) is 0 Å². The van der Waals surface area contributed by atoms with Gasteiger partial charge in [-0.25, -0.2) is 9.97 Å². The minimum Gasteiger partial charge on any atom is -0.366 e. The van der Waals surface area contributed by atoms with Crippen molar-refractivity contribution < 1.29 is 0 Å². The molecule has 2 heterocycles. The highest BCUT2D eigenvalue weighted by Crippen LogP contribution is 2.48. The smallest absolute Gasteiger partial charge is 0.180 e. The Labute approximate surface area is 109 Å². The van der Waals surface area contributed by atoms with Crippen molar-refractivity contribution in [2.24, 2.45) is 5.41 Å². The molecule has 0 amide bonds. The van der Waals surface area contributed by atoms with Gasteiger partial charge >= 0.3 is 0 Å². The molecular formula is C12H15BrN4. The Morgan fingerprint density at radius 3 is 3.06 bits per heavy atom. The average molecular weight is 295 g/mol. The second-order valence-electron chi connectivity index (χ2n) is 4.78. The third-order valence-electron chi connectivity index (χ3n) is 3.68. The lowest BCUT2D eigenvalue weighted by atomic mass is 10.0. The molecule has 0 unspecified atom stereocenters. The van der Waals surface area contributed by atoms with Crippen LogP contribution in [0.3, 0.4) is 0 Å². The van der Waals surface area contributed by atoms with E-state index in [4.69, 9.17) is 0 Å². The van der Waals surface area contributed by atoms with E-state index in [2.05, 4.69) is 38.1 Å². The first-order valence-electron chi connectivity index (χ1n) is 5.95. The normalized spacial score (nSPS) is 17.3. The van der Waals surface area contributed by atoms with Crippen LogP contribution < -0.4 is 5.32 Å². The second-order valence-corrected chi connectivity index (χ2v) is 5.59. The molecule has 0 atom stereocenters. The summed E-state index contributed by atoms with van der Waals surface area (Å²) in [6.45, 7) is 3.25. The van der Waals surface area contributed by atoms with Gasteiger partial charge in [-0.3, -0.25) is 0 Å². The van der Waals surface area contributed by atoms with E-state index in [9.17, 15) is 0 Å². The van der Waals surface area contributed by atoms with Crippen LogP contribution in [0.5, 0.6) is 0 Å². The van der Waals surface area contributed by atoms with Crippen molar-refractivity contribution in [2.45, 2.75) is 26.2 Å². The molecule has 1 aliphatic rings. The molecule has 5 heteroatoms. The van der Waals surface area contributed by atoms with Gasteiger partial charge in [-0.2, -0.15) is 0 Å². The van der Waals surface area contributed by atoms with Crippen molar-refractivity contribution in [3.63, 3.8) is 0 Å². The van der Waals surface area contributed by atoms with E-state index in [1.54, 1.807) is 6.20 Å². The number of hydrogen-bond donors (Lipinski definition) is 1. The fourth-order valence-electron chi connectivity index (χ4n) is 2.12. The van der Waals surface area contributed by atoms with Gasteiger partial charge < -0.3 is 9.72 Å². The van der Waals surface area contributed by atoms with Gasteiger partial charge in [0.15, 0.2) is 11.5 Å². The molecule has 2 aromatic heterocycles. The van der Waals surface area contributed by atoms with E-state index in [0.29, 0.717) is 5.41 Å². The summed E-state index contributed by atoms with van der Waals surface area (Å²) in [5.41, 5.74) is 1.40. The summed E-state index contributed by atoms with van der Waals surface area (Å²) in [6, 6.07) is 0. The number of rotatable bonds is 4. The molecule has 2 aromatic rings. The third kappa shape index (κ3) is 2.04. The summed E-state index contributed by atoms with van der Waals surface area (Å²) < 4.78 is 2.80. The van der Waals surface area contributed by atoms with Crippen LogP contribution in [0.15, 0.2) is 23.2 Å². The van der Waals surface area contributed by atoms with Crippen molar-refractivity contribution in [3.8, 4) is 0 Å². The first-order valence-corrected chi connectivity index (χ1v) is 6.75. The van der Waals surface area contributed by atoms with Crippen LogP contribution in [-0.2, 0) is 0 Å². The maximum Gasteiger partial charge on any atom is 0.180 e. The minimum absolute atomic E-state index is 0.508. The van der Waals surface area contributed by atoms with Crippen molar-refractivity contribution in [3.05, 3.63) is 23.2 Å². The summed E-state index contributed by atoms with van der Waals surface area (Å²) in [7, 11) is 0. The fourth-order valence-corrected chi connectivity index (χ4v) is 2.52. The predicted octanol–water partition coefficient (Wildman–Crippen LogP) is 3.09. The Balaban J connectivity index is 1.86. The molecule has 1 fully saturated rings. The molecular weight excluding hydrogens is 280 g/mol. The van der Waals surface area contributed by atoms with E-state index in [1.807, 2.05) is 16.8 Å². The van der Waals surface area contributed by atoms with E-state index >= 15 is 0 Å². The first kappa shape index (κ1) is 11.0. The van der Waals surface area contributed by atoms with Gasteiger partial charge in [-0.1, -0.05) is 6.92 Å². The Morgan fingerprint density at radius 1 is 1.53 bits per heavy atom. The van der Waals surface area contributed by atoms with Crippen LogP contribution >= 0.6 is 15.9 Å². The van der Waals surface area contributed by atoms with Gasteiger partial charge in [0, 0.05) is 25.1 Å². The molecule has 17 heavy (non-hydrogen) atoms. The van der Waals surface area contributed by atoms with Gasteiger partial charge in [0.1, 0.15) is 4.60 Å². The molecule has 0 aromatic carbocycles. The quantitative estimate of drug-likeness (QED) is 0.942. The van der Waals surface area contributed by atoms with E-state index in [0.717, 1.165) is 22.6 Å². The number of nitrogens with zero attached hydrogens (tertiary/aromatic N) is 3. The highest BCUT2D eigenvalue weighted by Gasteiger charge is 2.40. The Bertz CT molecular complexity index is 544. The summed E-state index contributed by atoms with van der Waals surface area (Å²) in [5, 5.41) is 3.44. The monoisotopic (exact) mass is 294 g/mol.